The lowest BCUT2D eigenvalue weighted by molar-refractivity contribution is 0.0693. The van der Waals surface area contributed by atoms with Crippen LogP contribution in [0.3, 0.4) is 0 Å². The summed E-state index contributed by atoms with van der Waals surface area (Å²) in [6.45, 7) is 2.62. The predicted octanol–water partition coefficient (Wildman–Crippen LogP) is 5.05. The Morgan fingerprint density at radius 3 is 2.90 bits per heavy atom. The third kappa shape index (κ3) is 3.63. The molecule has 150 valence electrons. The first kappa shape index (κ1) is 19.5. The molecule has 3 aromatic rings. The maximum atomic E-state index is 12.4. The lowest BCUT2D eigenvalue weighted by Crippen LogP contribution is -2.27. The summed E-state index contributed by atoms with van der Waals surface area (Å²) in [5, 5.41) is 11.7. The Balaban J connectivity index is 1.87. The first-order valence-electron chi connectivity index (χ1n) is 9.16. The van der Waals surface area contributed by atoms with Crippen LogP contribution in [0.4, 0.5) is 0 Å². The molecule has 2 aromatic heterocycles. The molecule has 0 bridgehead atoms. The van der Waals surface area contributed by atoms with Gasteiger partial charge in [0.25, 0.3) is 0 Å². The Hall–Kier alpha value is -2.77. The van der Waals surface area contributed by atoms with Gasteiger partial charge in [0, 0.05) is 23.9 Å². The average Bonchev–Trinajstić information content (AvgIpc) is 3.22. The summed E-state index contributed by atoms with van der Waals surface area (Å²) in [7, 11) is 0. The van der Waals surface area contributed by atoms with Crippen molar-refractivity contribution in [3.05, 3.63) is 67.6 Å². The van der Waals surface area contributed by atoms with Crippen molar-refractivity contribution in [2.45, 2.75) is 26.0 Å². The number of ether oxygens (including phenoxy) is 2. The van der Waals surface area contributed by atoms with Crippen LogP contribution < -0.4 is 14.9 Å². The van der Waals surface area contributed by atoms with Crippen LogP contribution in [0.1, 0.15) is 41.2 Å². The second kappa shape index (κ2) is 7.93. The van der Waals surface area contributed by atoms with Crippen LogP contribution in [0.25, 0.3) is 11.3 Å². The van der Waals surface area contributed by atoms with Crippen molar-refractivity contribution in [1.82, 2.24) is 4.57 Å². The lowest BCUT2D eigenvalue weighted by Gasteiger charge is -2.31. The number of unbranched alkanes of at least 4 members (excludes halogenated alkanes) is 1. The van der Waals surface area contributed by atoms with E-state index in [1.807, 2.05) is 17.5 Å². The van der Waals surface area contributed by atoms with Gasteiger partial charge in [0.1, 0.15) is 17.1 Å². The quantitative estimate of drug-likeness (QED) is 0.553. The molecule has 0 aliphatic carbocycles. The number of carboxylic acids is 1. The molecular weight excluding hydrogens is 414 g/mol. The minimum absolute atomic E-state index is 0.312. The zero-order chi connectivity index (χ0) is 20.5. The molecule has 3 heterocycles. The van der Waals surface area contributed by atoms with Crippen molar-refractivity contribution >= 4 is 28.9 Å². The highest BCUT2D eigenvalue weighted by Crippen LogP contribution is 2.45. The van der Waals surface area contributed by atoms with E-state index in [9.17, 15) is 14.7 Å². The number of carbonyl (C=O) groups is 1. The number of hydrogen-bond acceptors (Lipinski definition) is 5. The largest absolute Gasteiger partial charge is 0.492 e. The summed E-state index contributed by atoms with van der Waals surface area (Å²) in [5.74, 6) is -0.234. The minimum atomic E-state index is -1.28. The number of carboxylic acid groups (broad SMARTS) is 1. The van der Waals surface area contributed by atoms with Gasteiger partial charge in [-0.25, -0.2) is 4.79 Å². The normalized spacial score (nSPS) is 14.6. The zero-order valence-corrected chi connectivity index (χ0v) is 17.1. The third-order valence-electron chi connectivity index (χ3n) is 4.65. The van der Waals surface area contributed by atoms with Gasteiger partial charge in [-0.3, -0.25) is 4.79 Å². The first-order valence-corrected chi connectivity index (χ1v) is 10.4. The van der Waals surface area contributed by atoms with Crippen LogP contribution in [0.5, 0.6) is 11.5 Å². The van der Waals surface area contributed by atoms with Crippen LogP contribution in [-0.2, 0) is 0 Å². The van der Waals surface area contributed by atoms with Gasteiger partial charge in [-0.1, -0.05) is 31.0 Å². The van der Waals surface area contributed by atoms with Crippen molar-refractivity contribution in [3.8, 4) is 22.8 Å². The Morgan fingerprint density at radius 2 is 2.21 bits per heavy atom. The molecule has 1 aliphatic rings. The highest BCUT2D eigenvalue weighted by molar-refractivity contribution is 7.10. The standard InChI is InChI=1S/C21H18ClNO5S/c1-2-3-6-27-18-10-17-12(8-14(18)22)15-9-16(24)13(21(25)26)11-23(15)20(28-17)19-5-4-7-29-19/h4-5,7-11,20H,2-3,6H2,1H3,(H,25,26)/t20-/m0/s1. The molecule has 4 rings (SSSR count). The first-order chi connectivity index (χ1) is 14.0. The van der Waals surface area contributed by atoms with E-state index in [4.69, 9.17) is 21.1 Å². The van der Waals surface area contributed by atoms with Crippen LogP contribution >= 0.6 is 22.9 Å². The Kier molecular flexibility index (Phi) is 5.34. The molecule has 0 amide bonds. The molecule has 1 aromatic carbocycles. The number of aromatic nitrogens is 1. The van der Waals surface area contributed by atoms with Crippen LogP contribution in [0.15, 0.2) is 46.7 Å². The smallest absolute Gasteiger partial charge is 0.341 e. The lowest BCUT2D eigenvalue weighted by atomic mass is 10.1. The van der Waals surface area contributed by atoms with Gasteiger partial charge in [-0.2, -0.15) is 0 Å². The summed E-state index contributed by atoms with van der Waals surface area (Å²) in [5.41, 5.74) is 0.273. The third-order valence-corrected chi connectivity index (χ3v) is 5.85. The van der Waals surface area contributed by atoms with Gasteiger partial charge in [0.15, 0.2) is 5.43 Å². The molecule has 29 heavy (non-hydrogen) atoms. The molecular formula is C21H18ClNO5S. The van der Waals surface area contributed by atoms with E-state index in [-0.39, 0.29) is 5.56 Å². The second-order valence-electron chi connectivity index (χ2n) is 6.62. The van der Waals surface area contributed by atoms with E-state index < -0.39 is 17.6 Å². The monoisotopic (exact) mass is 431 g/mol. The Labute approximate surface area is 175 Å². The van der Waals surface area contributed by atoms with E-state index in [2.05, 4.69) is 6.92 Å². The fraction of sp³-hybridized carbons (Fsp3) is 0.238. The Morgan fingerprint density at radius 1 is 1.38 bits per heavy atom. The average molecular weight is 432 g/mol. The van der Waals surface area contributed by atoms with Crippen molar-refractivity contribution in [2.24, 2.45) is 0 Å². The molecule has 1 N–H and O–H groups in total. The zero-order valence-electron chi connectivity index (χ0n) is 15.6. The van der Waals surface area contributed by atoms with E-state index in [1.165, 1.54) is 23.6 Å². The number of aromatic carboxylic acids is 1. The van der Waals surface area contributed by atoms with Crippen molar-refractivity contribution < 1.29 is 19.4 Å². The van der Waals surface area contributed by atoms with Crippen molar-refractivity contribution in [1.29, 1.82) is 0 Å². The van der Waals surface area contributed by atoms with E-state index >= 15 is 0 Å². The summed E-state index contributed by atoms with van der Waals surface area (Å²) >= 11 is 7.89. The van der Waals surface area contributed by atoms with Gasteiger partial charge in [0.05, 0.1) is 22.2 Å². The van der Waals surface area contributed by atoms with Gasteiger partial charge >= 0.3 is 5.97 Å². The summed E-state index contributed by atoms with van der Waals surface area (Å²) in [4.78, 5) is 24.7. The molecule has 0 spiro atoms. The number of rotatable bonds is 6. The molecule has 0 radical (unpaired) electrons. The van der Waals surface area contributed by atoms with Crippen LogP contribution in [0, 0.1) is 0 Å². The summed E-state index contributed by atoms with van der Waals surface area (Å²) in [6, 6.07) is 8.53. The minimum Gasteiger partial charge on any atom is -0.492 e. The van der Waals surface area contributed by atoms with Crippen molar-refractivity contribution in [3.63, 3.8) is 0 Å². The summed E-state index contributed by atoms with van der Waals surface area (Å²) < 4.78 is 13.7. The van der Waals surface area contributed by atoms with E-state index in [0.29, 0.717) is 34.4 Å². The highest BCUT2D eigenvalue weighted by Gasteiger charge is 2.30. The molecule has 0 saturated carbocycles. The van der Waals surface area contributed by atoms with Gasteiger partial charge in [-0.05, 0) is 23.9 Å². The molecule has 6 nitrogen and oxygen atoms in total. The van der Waals surface area contributed by atoms with Gasteiger partial charge in [-0.15, -0.1) is 11.3 Å². The molecule has 0 saturated heterocycles. The number of nitrogens with zero attached hydrogens (tertiary/aromatic N) is 1. The van der Waals surface area contributed by atoms with Crippen molar-refractivity contribution in [2.75, 3.05) is 6.61 Å². The molecule has 1 atom stereocenters. The maximum Gasteiger partial charge on any atom is 0.341 e. The number of halogens is 1. The molecule has 1 aliphatic heterocycles. The number of thiophene rings is 1. The number of pyridine rings is 1. The number of benzene rings is 1. The highest BCUT2D eigenvalue weighted by atomic mass is 35.5. The number of hydrogen-bond donors (Lipinski definition) is 1. The van der Waals surface area contributed by atoms with E-state index in [1.54, 1.807) is 16.7 Å². The number of fused-ring (bicyclic) bond motifs is 3. The fourth-order valence-corrected chi connectivity index (χ4v) is 4.16. The van der Waals surface area contributed by atoms with Gasteiger partial charge in [0.2, 0.25) is 6.23 Å². The second-order valence-corrected chi connectivity index (χ2v) is 8.00. The molecule has 8 heteroatoms. The van der Waals surface area contributed by atoms with Crippen LogP contribution in [0.2, 0.25) is 5.02 Å². The predicted molar refractivity (Wildman–Crippen MR) is 112 cm³/mol. The molecule has 0 fully saturated rings. The Bertz CT molecular complexity index is 1120. The van der Waals surface area contributed by atoms with Crippen LogP contribution in [-0.4, -0.2) is 22.2 Å². The van der Waals surface area contributed by atoms with E-state index in [0.717, 1.165) is 17.7 Å². The summed E-state index contributed by atoms with van der Waals surface area (Å²) in [6.07, 6.45) is 2.64. The topological polar surface area (TPSA) is 77.8 Å². The SMILES string of the molecule is CCCCOc1cc2c(cc1Cl)-c1cc(=O)c(C(=O)O)cn1[C@H](c1cccs1)O2. The molecule has 0 unspecified atom stereocenters. The maximum absolute atomic E-state index is 12.4. The fourth-order valence-electron chi connectivity index (χ4n) is 3.19. The van der Waals surface area contributed by atoms with Gasteiger partial charge < -0.3 is 19.1 Å².